The van der Waals surface area contributed by atoms with Crippen molar-refractivity contribution in [1.29, 1.82) is 0 Å². The second-order valence-electron chi connectivity index (χ2n) is 7.85. The molecule has 1 aliphatic heterocycles. The number of aromatic nitrogens is 1. The largest absolute Gasteiger partial charge is 0.497 e. The maximum Gasteiger partial charge on any atom is 0.339 e. The molecular weight excluding hydrogens is 448 g/mol. The smallest absolute Gasteiger partial charge is 0.339 e. The molecule has 2 heterocycles. The van der Waals surface area contributed by atoms with Gasteiger partial charge in [-0.2, -0.15) is 0 Å². The van der Waals surface area contributed by atoms with E-state index in [9.17, 15) is 14.4 Å². The molecule has 4 aromatic rings. The fourth-order valence-electron chi connectivity index (χ4n) is 3.80. The molecule has 0 radical (unpaired) electrons. The number of hydrogen-bond donors (Lipinski definition) is 1. The third kappa shape index (κ3) is 4.54. The van der Waals surface area contributed by atoms with Crippen molar-refractivity contribution in [2.24, 2.45) is 0 Å². The second kappa shape index (κ2) is 9.26. The monoisotopic (exact) mass is 468 g/mol. The summed E-state index contributed by atoms with van der Waals surface area (Å²) in [4.78, 5) is 42.0. The van der Waals surface area contributed by atoms with Crippen LogP contribution in [-0.4, -0.2) is 43.0 Å². The number of Topliss-reactive ketones (excluding diaryl/α,β-unsaturated/α-hetero) is 1. The van der Waals surface area contributed by atoms with Crippen molar-refractivity contribution in [3.63, 3.8) is 0 Å². The number of amides is 1. The van der Waals surface area contributed by atoms with E-state index in [2.05, 4.69) is 10.3 Å². The molecule has 8 heteroatoms. The van der Waals surface area contributed by atoms with Gasteiger partial charge in [-0.25, -0.2) is 9.78 Å². The predicted octanol–water partition coefficient (Wildman–Crippen LogP) is 4.28. The predicted molar refractivity (Wildman–Crippen MR) is 129 cm³/mol. The van der Waals surface area contributed by atoms with E-state index in [1.807, 2.05) is 42.5 Å². The third-order valence-electron chi connectivity index (χ3n) is 5.59. The Hall–Kier alpha value is -4.72. The molecule has 0 fully saturated rings. The number of nitrogens with zero attached hydrogens (tertiary/aromatic N) is 1. The summed E-state index contributed by atoms with van der Waals surface area (Å²) in [7, 11) is 1.59. The van der Waals surface area contributed by atoms with E-state index in [4.69, 9.17) is 14.2 Å². The number of fused-ring (bicyclic) bond motifs is 2. The van der Waals surface area contributed by atoms with Crippen LogP contribution < -0.4 is 14.8 Å². The summed E-state index contributed by atoms with van der Waals surface area (Å²) in [6.45, 7) is -0.531. The van der Waals surface area contributed by atoms with Crippen molar-refractivity contribution in [1.82, 2.24) is 4.98 Å². The maximum atomic E-state index is 13.1. The number of pyridine rings is 1. The summed E-state index contributed by atoms with van der Waals surface area (Å²) in [5, 5.41) is 3.28. The van der Waals surface area contributed by atoms with Crippen LogP contribution in [0.5, 0.6) is 11.5 Å². The minimum atomic E-state index is -0.638. The molecule has 0 spiro atoms. The van der Waals surface area contributed by atoms with Gasteiger partial charge in [-0.1, -0.05) is 18.2 Å². The molecule has 1 amide bonds. The Morgan fingerprint density at radius 1 is 1.03 bits per heavy atom. The Bertz CT molecular complexity index is 1460. The molecule has 1 aliphatic rings. The van der Waals surface area contributed by atoms with Gasteiger partial charge in [0.1, 0.15) is 11.5 Å². The standard InChI is InChI=1S/C27H20N2O6/c1-33-18-9-6-16(7-10-18)22-13-20(19-4-2-3-5-21(19)28-22)27(32)35-14-24(30)17-8-11-25-23(12-17)29-26(31)15-34-25/h2-13H,14-15H2,1H3,(H,29,31). The Balaban J connectivity index is 1.39. The molecule has 0 aliphatic carbocycles. The quantitative estimate of drug-likeness (QED) is 0.333. The van der Waals surface area contributed by atoms with E-state index in [-0.39, 0.29) is 12.5 Å². The highest BCUT2D eigenvalue weighted by atomic mass is 16.5. The number of anilines is 1. The first-order valence-corrected chi connectivity index (χ1v) is 10.8. The van der Waals surface area contributed by atoms with Crippen LogP contribution in [0.3, 0.4) is 0 Å². The summed E-state index contributed by atoms with van der Waals surface area (Å²) in [6.07, 6.45) is 0. The molecule has 3 aromatic carbocycles. The zero-order valence-electron chi connectivity index (χ0n) is 18.7. The minimum absolute atomic E-state index is 0.0731. The van der Waals surface area contributed by atoms with Gasteiger partial charge >= 0.3 is 5.97 Å². The number of para-hydroxylation sites is 1. The molecule has 0 unspecified atom stereocenters. The normalized spacial score (nSPS) is 12.3. The SMILES string of the molecule is COc1ccc(-c2cc(C(=O)OCC(=O)c3ccc4c(c3)NC(=O)CO4)c3ccccc3n2)cc1. The van der Waals surface area contributed by atoms with E-state index >= 15 is 0 Å². The number of carbonyl (C=O) groups excluding carboxylic acids is 3. The molecule has 0 atom stereocenters. The Morgan fingerprint density at radius 3 is 2.63 bits per heavy atom. The lowest BCUT2D eigenvalue weighted by Gasteiger charge is -2.18. The Morgan fingerprint density at radius 2 is 1.83 bits per heavy atom. The van der Waals surface area contributed by atoms with Gasteiger partial charge in [-0.05, 0) is 54.6 Å². The van der Waals surface area contributed by atoms with Crippen molar-refractivity contribution in [3.8, 4) is 22.8 Å². The lowest BCUT2D eigenvalue weighted by atomic mass is 10.0. The van der Waals surface area contributed by atoms with Crippen LogP contribution in [0.15, 0.2) is 72.8 Å². The number of methoxy groups -OCH3 is 1. The van der Waals surface area contributed by atoms with Crippen molar-refractivity contribution < 1.29 is 28.6 Å². The Labute approximate surface area is 200 Å². The van der Waals surface area contributed by atoms with Crippen molar-refractivity contribution in [2.75, 3.05) is 25.6 Å². The van der Waals surface area contributed by atoms with Gasteiger partial charge in [0.2, 0.25) is 0 Å². The van der Waals surface area contributed by atoms with E-state index in [1.54, 1.807) is 31.4 Å². The molecular formula is C27H20N2O6. The zero-order chi connectivity index (χ0) is 24.4. The van der Waals surface area contributed by atoms with Gasteiger partial charge in [-0.3, -0.25) is 9.59 Å². The highest BCUT2D eigenvalue weighted by molar-refractivity contribution is 6.06. The highest BCUT2D eigenvalue weighted by Gasteiger charge is 2.20. The molecule has 5 rings (SSSR count). The first-order chi connectivity index (χ1) is 17.0. The number of carbonyl (C=O) groups is 3. The first kappa shape index (κ1) is 22.1. The van der Waals surface area contributed by atoms with Crippen LogP contribution in [0.25, 0.3) is 22.2 Å². The topological polar surface area (TPSA) is 104 Å². The van der Waals surface area contributed by atoms with Crippen LogP contribution in [0.4, 0.5) is 5.69 Å². The molecule has 1 N–H and O–H groups in total. The number of ether oxygens (including phenoxy) is 3. The molecule has 0 saturated carbocycles. The van der Waals surface area contributed by atoms with Gasteiger partial charge < -0.3 is 19.5 Å². The lowest BCUT2D eigenvalue weighted by Crippen LogP contribution is -2.25. The molecule has 8 nitrogen and oxygen atoms in total. The molecule has 174 valence electrons. The van der Waals surface area contributed by atoms with Gasteiger partial charge in [-0.15, -0.1) is 0 Å². The molecule has 35 heavy (non-hydrogen) atoms. The van der Waals surface area contributed by atoms with Crippen LogP contribution in [0.1, 0.15) is 20.7 Å². The average Bonchev–Trinajstić information content (AvgIpc) is 2.90. The number of rotatable bonds is 6. The number of ketones is 1. The first-order valence-electron chi connectivity index (χ1n) is 10.8. The van der Waals surface area contributed by atoms with Gasteiger partial charge in [0.05, 0.1) is 29.6 Å². The maximum absolute atomic E-state index is 13.1. The lowest BCUT2D eigenvalue weighted by molar-refractivity contribution is -0.118. The molecule has 0 saturated heterocycles. The van der Waals surface area contributed by atoms with E-state index < -0.39 is 18.4 Å². The van der Waals surface area contributed by atoms with Crippen LogP contribution in [-0.2, 0) is 9.53 Å². The average molecular weight is 468 g/mol. The van der Waals surface area contributed by atoms with E-state index in [0.29, 0.717) is 44.9 Å². The molecule has 0 bridgehead atoms. The Kier molecular flexibility index (Phi) is 5.85. The van der Waals surface area contributed by atoms with Gasteiger partial charge in [0.15, 0.2) is 19.0 Å². The number of nitrogens with one attached hydrogen (secondary N) is 1. The number of esters is 1. The molecule has 1 aromatic heterocycles. The minimum Gasteiger partial charge on any atom is -0.497 e. The second-order valence-corrected chi connectivity index (χ2v) is 7.85. The van der Waals surface area contributed by atoms with Crippen LogP contribution in [0.2, 0.25) is 0 Å². The number of hydrogen-bond acceptors (Lipinski definition) is 7. The summed E-state index contributed by atoms with van der Waals surface area (Å²) in [5.41, 5.74) is 3.03. The number of benzene rings is 3. The van der Waals surface area contributed by atoms with Crippen LogP contribution in [0, 0.1) is 0 Å². The van der Waals surface area contributed by atoms with E-state index in [1.165, 1.54) is 6.07 Å². The zero-order valence-corrected chi connectivity index (χ0v) is 18.7. The summed E-state index contributed by atoms with van der Waals surface area (Å²) in [6, 6.07) is 20.9. The summed E-state index contributed by atoms with van der Waals surface area (Å²) < 4.78 is 15.9. The highest BCUT2D eigenvalue weighted by Crippen LogP contribution is 2.29. The van der Waals surface area contributed by atoms with Crippen molar-refractivity contribution in [2.45, 2.75) is 0 Å². The van der Waals surface area contributed by atoms with Crippen molar-refractivity contribution in [3.05, 3.63) is 83.9 Å². The third-order valence-corrected chi connectivity index (χ3v) is 5.59. The van der Waals surface area contributed by atoms with Crippen LogP contribution >= 0.6 is 0 Å². The van der Waals surface area contributed by atoms with Gasteiger partial charge in [0.25, 0.3) is 5.91 Å². The van der Waals surface area contributed by atoms with Gasteiger partial charge in [0, 0.05) is 16.5 Å². The van der Waals surface area contributed by atoms with E-state index in [0.717, 1.165) is 5.56 Å². The fraction of sp³-hybridized carbons (Fsp3) is 0.111. The summed E-state index contributed by atoms with van der Waals surface area (Å²) >= 11 is 0. The summed E-state index contributed by atoms with van der Waals surface area (Å²) in [5.74, 6) is -0.157. The fourth-order valence-corrected chi connectivity index (χ4v) is 3.80. The van der Waals surface area contributed by atoms with Crippen molar-refractivity contribution >= 4 is 34.3 Å².